The summed E-state index contributed by atoms with van der Waals surface area (Å²) in [6, 6.07) is 14.5. The Morgan fingerprint density at radius 2 is 1.76 bits per heavy atom. The van der Waals surface area contributed by atoms with Gasteiger partial charge < -0.3 is 14.8 Å². The molecule has 5 nitrogen and oxygen atoms in total. The van der Waals surface area contributed by atoms with Crippen molar-refractivity contribution < 1.29 is 14.0 Å². The van der Waals surface area contributed by atoms with Gasteiger partial charge in [-0.3, -0.25) is 9.59 Å². The zero-order valence-electron chi connectivity index (χ0n) is 19.6. The minimum atomic E-state index is -0.533. The highest BCUT2D eigenvalue weighted by molar-refractivity contribution is 5.88. The predicted octanol–water partition coefficient (Wildman–Crippen LogP) is 4.92. The number of hydrogen-bond donors (Lipinski definition) is 1. The fourth-order valence-corrected chi connectivity index (χ4v) is 4.13. The molecule has 0 aliphatic heterocycles. The van der Waals surface area contributed by atoms with Crippen LogP contribution in [0, 0.1) is 11.2 Å². The van der Waals surface area contributed by atoms with E-state index in [1.807, 2.05) is 45.2 Å². The van der Waals surface area contributed by atoms with Crippen LogP contribution in [-0.4, -0.2) is 45.7 Å². The standard InChI is InChI=1S/C27H32FN3O2/c1-27(2,3)26(33)31(22-12-13-22)18-25(32)30(17-19-8-10-21(28)11-9-19)15-14-20-16-29-24-7-5-4-6-23(20)24/h4-11,16,22,29H,12-15,17-18H2,1-3H3. The van der Waals surface area contributed by atoms with Gasteiger partial charge in [-0.25, -0.2) is 4.39 Å². The summed E-state index contributed by atoms with van der Waals surface area (Å²) in [5.41, 5.74) is 2.55. The van der Waals surface area contributed by atoms with Gasteiger partial charge in [0, 0.05) is 41.6 Å². The zero-order valence-corrected chi connectivity index (χ0v) is 19.6. The van der Waals surface area contributed by atoms with Crippen LogP contribution in [0.1, 0.15) is 44.7 Å². The summed E-state index contributed by atoms with van der Waals surface area (Å²) in [5, 5.41) is 1.15. The van der Waals surface area contributed by atoms with Crippen molar-refractivity contribution in [3.05, 3.63) is 71.7 Å². The first kappa shape index (κ1) is 23.0. The number of carbonyl (C=O) groups excluding carboxylic acids is 2. The normalized spacial score (nSPS) is 13.8. The number of amides is 2. The average molecular weight is 450 g/mol. The molecule has 1 aromatic heterocycles. The fourth-order valence-electron chi connectivity index (χ4n) is 4.13. The summed E-state index contributed by atoms with van der Waals surface area (Å²) >= 11 is 0. The van der Waals surface area contributed by atoms with E-state index in [0.29, 0.717) is 19.5 Å². The molecular weight excluding hydrogens is 417 g/mol. The molecule has 2 amide bonds. The summed E-state index contributed by atoms with van der Waals surface area (Å²) in [7, 11) is 0. The van der Waals surface area contributed by atoms with Gasteiger partial charge in [0.05, 0.1) is 0 Å². The number of para-hydroxylation sites is 1. The Labute approximate surface area is 194 Å². The molecule has 6 heteroatoms. The van der Waals surface area contributed by atoms with Gasteiger partial charge in [0.1, 0.15) is 12.4 Å². The maximum absolute atomic E-state index is 13.5. The summed E-state index contributed by atoms with van der Waals surface area (Å²) in [4.78, 5) is 33.3. The third-order valence-corrected chi connectivity index (χ3v) is 6.16. The number of rotatable bonds is 8. The Bertz CT molecular complexity index is 1130. The number of benzene rings is 2. The minimum absolute atomic E-state index is 0.0108. The number of nitrogens with zero attached hydrogens (tertiary/aromatic N) is 2. The van der Waals surface area contributed by atoms with Crippen molar-refractivity contribution >= 4 is 22.7 Å². The topological polar surface area (TPSA) is 56.4 Å². The number of H-pyrrole nitrogens is 1. The lowest BCUT2D eigenvalue weighted by Crippen LogP contribution is -2.47. The van der Waals surface area contributed by atoms with E-state index in [-0.39, 0.29) is 30.2 Å². The highest BCUT2D eigenvalue weighted by atomic mass is 19.1. The molecule has 174 valence electrons. The van der Waals surface area contributed by atoms with Gasteiger partial charge >= 0.3 is 0 Å². The number of hydrogen-bond acceptors (Lipinski definition) is 2. The van der Waals surface area contributed by atoms with E-state index in [1.165, 1.54) is 12.1 Å². The summed E-state index contributed by atoms with van der Waals surface area (Å²) in [6.07, 6.45) is 4.57. The van der Waals surface area contributed by atoms with Crippen LogP contribution in [0.3, 0.4) is 0 Å². The van der Waals surface area contributed by atoms with E-state index in [0.717, 1.165) is 34.9 Å². The van der Waals surface area contributed by atoms with E-state index in [4.69, 9.17) is 0 Å². The van der Waals surface area contributed by atoms with Crippen LogP contribution in [0.5, 0.6) is 0 Å². The summed E-state index contributed by atoms with van der Waals surface area (Å²) in [5.74, 6) is -0.369. The van der Waals surface area contributed by atoms with Gasteiger partial charge in [-0.2, -0.15) is 0 Å². The van der Waals surface area contributed by atoms with Crippen LogP contribution in [0.15, 0.2) is 54.7 Å². The molecule has 0 bridgehead atoms. The monoisotopic (exact) mass is 449 g/mol. The van der Waals surface area contributed by atoms with Crippen LogP contribution in [-0.2, 0) is 22.6 Å². The molecule has 0 saturated heterocycles. The molecule has 3 aromatic rings. The van der Waals surface area contributed by atoms with Crippen molar-refractivity contribution in [3.8, 4) is 0 Å². The Morgan fingerprint density at radius 1 is 1.06 bits per heavy atom. The van der Waals surface area contributed by atoms with Crippen LogP contribution >= 0.6 is 0 Å². The van der Waals surface area contributed by atoms with Crippen molar-refractivity contribution in [2.24, 2.45) is 5.41 Å². The molecule has 4 rings (SSSR count). The first-order chi connectivity index (χ1) is 15.7. The van der Waals surface area contributed by atoms with E-state index < -0.39 is 5.41 Å². The Morgan fingerprint density at radius 3 is 2.42 bits per heavy atom. The maximum Gasteiger partial charge on any atom is 0.242 e. The quantitative estimate of drug-likeness (QED) is 0.531. The minimum Gasteiger partial charge on any atom is -0.361 e. The number of fused-ring (bicyclic) bond motifs is 1. The number of halogens is 1. The molecule has 1 heterocycles. The van der Waals surface area contributed by atoms with Gasteiger partial charge in [-0.05, 0) is 48.6 Å². The van der Waals surface area contributed by atoms with E-state index >= 15 is 0 Å². The molecule has 33 heavy (non-hydrogen) atoms. The molecule has 1 fully saturated rings. The van der Waals surface area contributed by atoms with Crippen molar-refractivity contribution in [2.75, 3.05) is 13.1 Å². The van der Waals surface area contributed by atoms with Crippen LogP contribution in [0.4, 0.5) is 4.39 Å². The maximum atomic E-state index is 13.5. The second-order valence-corrected chi connectivity index (χ2v) is 9.97. The number of aromatic nitrogens is 1. The number of aromatic amines is 1. The van der Waals surface area contributed by atoms with Crippen LogP contribution < -0.4 is 0 Å². The van der Waals surface area contributed by atoms with Gasteiger partial charge in [0.15, 0.2) is 0 Å². The van der Waals surface area contributed by atoms with Gasteiger partial charge in [-0.15, -0.1) is 0 Å². The molecule has 0 atom stereocenters. The van der Waals surface area contributed by atoms with Crippen molar-refractivity contribution in [1.82, 2.24) is 14.8 Å². The van der Waals surface area contributed by atoms with Gasteiger partial charge in [0.2, 0.25) is 11.8 Å². The third-order valence-electron chi connectivity index (χ3n) is 6.16. The van der Waals surface area contributed by atoms with Crippen molar-refractivity contribution in [2.45, 2.75) is 52.6 Å². The predicted molar refractivity (Wildman–Crippen MR) is 128 cm³/mol. The first-order valence-electron chi connectivity index (χ1n) is 11.6. The lowest BCUT2D eigenvalue weighted by atomic mass is 9.94. The largest absolute Gasteiger partial charge is 0.361 e. The molecule has 0 spiro atoms. The molecule has 1 saturated carbocycles. The van der Waals surface area contributed by atoms with Crippen LogP contribution in [0.2, 0.25) is 0 Å². The highest BCUT2D eigenvalue weighted by Gasteiger charge is 2.39. The Hall–Kier alpha value is -3.15. The fraction of sp³-hybridized carbons (Fsp3) is 0.407. The SMILES string of the molecule is CC(C)(C)C(=O)N(CC(=O)N(CCc1c[nH]c2ccccc12)Cc1ccc(F)cc1)C1CC1. The molecule has 1 N–H and O–H groups in total. The lowest BCUT2D eigenvalue weighted by Gasteiger charge is -2.32. The smallest absolute Gasteiger partial charge is 0.242 e. The third kappa shape index (κ3) is 5.62. The summed E-state index contributed by atoms with van der Waals surface area (Å²) < 4.78 is 13.4. The van der Waals surface area contributed by atoms with E-state index in [1.54, 1.807) is 21.9 Å². The van der Waals surface area contributed by atoms with E-state index in [2.05, 4.69) is 11.1 Å². The number of nitrogens with one attached hydrogen (secondary N) is 1. The first-order valence-corrected chi connectivity index (χ1v) is 11.6. The molecular formula is C27H32FN3O2. The second kappa shape index (κ2) is 9.38. The number of carbonyl (C=O) groups is 2. The average Bonchev–Trinajstić information content (AvgIpc) is 3.55. The van der Waals surface area contributed by atoms with Gasteiger partial charge in [-0.1, -0.05) is 51.1 Å². The molecule has 2 aromatic carbocycles. The molecule has 1 aliphatic rings. The Balaban J connectivity index is 1.52. The zero-order chi connectivity index (χ0) is 23.6. The molecule has 1 aliphatic carbocycles. The van der Waals surface area contributed by atoms with Crippen molar-refractivity contribution in [3.63, 3.8) is 0 Å². The summed E-state index contributed by atoms with van der Waals surface area (Å²) in [6.45, 7) is 6.65. The second-order valence-electron chi connectivity index (χ2n) is 9.97. The molecule has 0 unspecified atom stereocenters. The lowest BCUT2D eigenvalue weighted by molar-refractivity contribution is -0.146. The van der Waals surface area contributed by atoms with Crippen molar-refractivity contribution in [1.29, 1.82) is 0 Å². The van der Waals surface area contributed by atoms with E-state index in [9.17, 15) is 14.0 Å². The Kier molecular flexibility index (Phi) is 6.54. The van der Waals surface area contributed by atoms with Gasteiger partial charge in [0.25, 0.3) is 0 Å². The van der Waals surface area contributed by atoms with Crippen LogP contribution in [0.25, 0.3) is 10.9 Å². The molecule has 0 radical (unpaired) electrons. The highest BCUT2D eigenvalue weighted by Crippen LogP contribution is 2.31.